The Balaban J connectivity index is 2.14. The van der Waals surface area contributed by atoms with E-state index in [1.807, 2.05) is 0 Å². The Kier molecular flexibility index (Phi) is 2.96. The lowest BCUT2D eigenvalue weighted by Gasteiger charge is -2.03. The molecule has 6 nitrogen and oxygen atoms in total. The van der Waals surface area contributed by atoms with Crippen LogP contribution in [0.4, 0.5) is 0 Å². The lowest BCUT2D eigenvalue weighted by Crippen LogP contribution is -1.98. The summed E-state index contributed by atoms with van der Waals surface area (Å²) in [5.74, 6) is 0. The molecule has 2 aromatic rings. The van der Waals surface area contributed by atoms with E-state index >= 15 is 0 Å². The predicted octanol–water partition coefficient (Wildman–Crippen LogP) is 1.75. The highest BCUT2D eigenvalue weighted by Gasteiger charge is 2.23. The average molecular weight is 326 g/mol. The second kappa shape index (κ2) is 4.38. The van der Waals surface area contributed by atoms with Crippen molar-refractivity contribution in [2.45, 2.75) is 16.2 Å². The minimum Gasteiger partial charge on any atom is -0.282 e. The molecule has 0 radical (unpaired) electrons. The Labute approximate surface area is 121 Å². The van der Waals surface area contributed by atoms with Crippen LogP contribution in [0.15, 0.2) is 46.2 Å². The maximum Gasteiger partial charge on any atom is 0.294 e. The van der Waals surface area contributed by atoms with Crippen LogP contribution in [-0.4, -0.2) is 25.9 Å². The molecule has 0 unspecified atom stereocenters. The highest BCUT2D eigenvalue weighted by Crippen LogP contribution is 2.38. The molecule has 3 rings (SSSR count). The molecule has 0 spiro atoms. The van der Waals surface area contributed by atoms with Gasteiger partial charge in [0.2, 0.25) is 0 Å². The number of fused-ring (bicyclic) bond motifs is 3. The van der Waals surface area contributed by atoms with E-state index < -0.39 is 20.2 Å². The van der Waals surface area contributed by atoms with Crippen LogP contribution < -0.4 is 0 Å². The molecule has 0 amide bonds. The molecule has 0 atom stereocenters. The molecular weight excluding hydrogens is 316 g/mol. The number of hydrogen-bond acceptors (Lipinski definition) is 4. The first-order valence-corrected chi connectivity index (χ1v) is 8.75. The predicted molar refractivity (Wildman–Crippen MR) is 74.3 cm³/mol. The van der Waals surface area contributed by atoms with E-state index in [0.717, 1.165) is 11.1 Å². The molecule has 0 heterocycles. The van der Waals surface area contributed by atoms with Crippen molar-refractivity contribution in [3.05, 3.63) is 47.5 Å². The van der Waals surface area contributed by atoms with E-state index in [-0.39, 0.29) is 9.79 Å². The summed E-state index contributed by atoms with van der Waals surface area (Å²) in [5.41, 5.74) is 2.90. The van der Waals surface area contributed by atoms with Crippen molar-refractivity contribution >= 4 is 20.2 Å². The van der Waals surface area contributed by atoms with Gasteiger partial charge in [-0.15, -0.1) is 0 Å². The van der Waals surface area contributed by atoms with Gasteiger partial charge >= 0.3 is 0 Å². The van der Waals surface area contributed by atoms with Gasteiger partial charge in [0.1, 0.15) is 0 Å². The Morgan fingerprint density at radius 2 is 1.10 bits per heavy atom. The highest BCUT2D eigenvalue weighted by molar-refractivity contribution is 7.86. The fourth-order valence-corrected chi connectivity index (χ4v) is 3.55. The molecule has 21 heavy (non-hydrogen) atoms. The van der Waals surface area contributed by atoms with Crippen molar-refractivity contribution < 1.29 is 25.9 Å². The minimum atomic E-state index is -4.28. The topological polar surface area (TPSA) is 109 Å². The van der Waals surface area contributed by atoms with Crippen molar-refractivity contribution in [1.29, 1.82) is 0 Å². The minimum absolute atomic E-state index is 0.205. The van der Waals surface area contributed by atoms with E-state index in [2.05, 4.69) is 0 Å². The molecule has 2 N–H and O–H groups in total. The molecule has 1 aliphatic carbocycles. The van der Waals surface area contributed by atoms with Gasteiger partial charge in [0, 0.05) is 0 Å². The van der Waals surface area contributed by atoms with Crippen LogP contribution in [0, 0.1) is 0 Å². The molecule has 0 saturated heterocycles. The SMILES string of the molecule is O=S(=O)(O)c1ccc2c(c1)Cc1cc(S(=O)(=O)O)ccc1-2. The van der Waals surface area contributed by atoms with E-state index in [0.29, 0.717) is 17.5 Å². The Morgan fingerprint density at radius 1 is 0.714 bits per heavy atom. The van der Waals surface area contributed by atoms with Crippen LogP contribution in [0.1, 0.15) is 11.1 Å². The van der Waals surface area contributed by atoms with Crippen molar-refractivity contribution in [3.8, 4) is 11.1 Å². The van der Waals surface area contributed by atoms with Crippen LogP contribution in [0.25, 0.3) is 11.1 Å². The molecule has 0 fully saturated rings. The van der Waals surface area contributed by atoms with E-state index in [1.165, 1.54) is 24.3 Å². The highest BCUT2D eigenvalue weighted by atomic mass is 32.2. The number of hydrogen-bond donors (Lipinski definition) is 2. The van der Waals surface area contributed by atoms with Crippen LogP contribution in [0.3, 0.4) is 0 Å². The summed E-state index contributed by atoms with van der Waals surface area (Å²) in [7, 11) is -8.56. The van der Waals surface area contributed by atoms with Gasteiger partial charge < -0.3 is 0 Å². The van der Waals surface area contributed by atoms with Crippen LogP contribution in [0.2, 0.25) is 0 Å². The third-order valence-electron chi connectivity index (χ3n) is 3.42. The first kappa shape index (κ1) is 14.2. The first-order chi connectivity index (χ1) is 9.66. The van der Waals surface area contributed by atoms with Gasteiger partial charge in [0.25, 0.3) is 20.2 Å². The lowest BCUT2D eigenvalue weighted by molar-refractivity contribution is 0.481. The second-order valence-electron chi connectivity index (χ2n) is 4.76. The molecule has 110 valence electrons. The van der Waals surface area contributed by atoms with Crippen molar-refractivity contribution in [2.75, 3.05) is 0 Å². The van der Waals surface area contributed by atoms with E-state index in [4.69, 9.17) is 9.11 Å². The van der Waals surface area contributed by atoms with E-state index in [9.17, 15) is 16.8 Å². The quantitative estimate of drug-likeness (QED) is 0.695. The van der Waals surface area contributed by atoms with Crippen LogP contribution in [-0.2, 0) is 26.7 Å². The van der Waals surface area contributed by atoms with Crippen LogP contribution in [0.5, 0.6) is 0 Å². The molecule has 8 heteroatoms. The van der Waals surface area contributed by atoms with Crippen LogP contribution >= 0.6 is 0 Å². The summed E-state index contributed by atoms with van der Waals surface area (Å²) in [5, 5.41) is 0. The maximum atomic E-state index is 11.1. The smallest absolute Gasteiger partial charge is 0.282 e. The summed E-state index contributed by atoms with van der Waals surface area (Å²) >= 11 is 0. The van der Waals surface area contributed by atoms with Gasteiger partial charge in [-0.05, 0) is 52.9 Å². The summed E-state index contributed by atoms with van der Waals surface area (Å²) in [6, 6.07) is 8.43. The molecule has 1 aliphatic rings. The van der Waals surface area contributed by atoms with Gasteiger partial charge in [-0.3, -0.25) is 9.11 Å². The largest absolute Gasteiger partial charge is 0.294 e. The molecular formula is C13H10O6S2. The molecule has 2 aromatic carbocycles. The summed E-state index contributed by atoms with van der Waals surface area (Å²) < 4.78 is 62.6. The number of benzene rings is 2. The molecule has 0 aliphatic heterocycles. The van der Waals surface area contributed by atoms with Gasteiger partial charge in [-0.2, -0.15) is 16.8 Å². The first-order valence-electron chi connectivity index (χ1n) is 5.87. The second-order valence-corrected chi connectivity index (χ2v) is 7.61. The fraction of sp³-hybridized carbons (Fsp3) is 0.0769. The summed E-state index contributed by atoms with van der Waals surface area (Å²) in [4.78, 5) is -0.409. The summed E-state index contributed by atoms with van der Waals surface area (Å²) in [6.07, 6.45) is 0.331. The van der Waals surface area contributed by atoms with Gasteiger partial charge in [0.15, 0.2) is 0 Å². The van der Waals surface area contributed by atoms with Gasteiger partial charge in [-0.25, -0.2) is 0 Å². The zero-order valence-electron chi connectivity index (χ0n) is 10.5. The third kappa shape index (κ3) is 2.46. The monoisotopic (exact) mass is 326 g/mol. The zero-order valence-corrected chi connectivity index (χ0v) is 12.1. The van der Waals surface area contributed by atoms with Crippen molar-refractivity contribution in [1.82, 2.24) is 0 Å². The van der Waals surface area contributed by atoms with Crippen molar-refractivity contribution in [3.63, 3.8) is 0 Å². The lowest BCUT2D eigenvalue weighted by atomic mass is 10.1. The van der Waals surface area contributed by atoms with Gasteiger partial charge in [-0.1, -0.05) is 12.1 Å². The molecule has 0 saturated carbocycles. The molecule has 0 bridgehead atoms. The number of rotatable bonds is 2. The summed E-state index contributed by atoms with van der Waals surface area (Å²) in [6.45, 7) is 0. The maximum absolute atomic E-state index is 11.1. The van der Waals surface area contributed by atoms with Gasteiger partial charge in [0.05, 0.1) is 9.79 Å². The Hall–Kier alpha value is -1.74. The van der Waals surface area contributed by atoms with E-state index in [1.54, 1.807) is 12.1 Å². The van der Waals surface area contributed by atoms with Crippen molar-refractivity contribution in [2.24, 2.45) is 0 Å². The standard InChI is InChI=1S/C13H10O6S2/c14-20(15,16)10-1-3-12-8(6-10)5-9-7-11(21(17,18)19)2-4-13(9)12/h1-4,6-7H,5H2,(H,14,15,16)(H,17,18,19). The molecule has 0 aromatic heterocycles. The Morgan fingerprint density at radius 3 is 1.43 bits per heavy atom. The Bertz CT molecular complexity index is 879. The fourth-order valence-electron chi connectivity index (χ4n) is 2.48. The zero-order chi connectivity index (χ0) is 15.4. The average Bonchev–Trinajstić information content (AvgIpc) is 2.73. The third-order valence-corrected chi connectivity index (χ3v) is 5.12. The normalized spacial score (nSPS) is 13.8.